The summed E-state index contributed by atoms with van der Waals surface area (Å²) in [4.78, 5) is 0. The van der Waals surface area contributed by atoms with Crippen molar-refractivity contribution in [2.24, 2.45) is 5.73 Å². The molecule has 4 heteroatoms. The minimum atomic E-state index is -0.204. The van der Waals surface area contributed by atoms with E-state index in [4.69, 9.17) is 5.73 Å². The Morgan fingerprint density at radius 3 is 2.69 bits per heavy atom. The maximum atomic E-state index is 13.1. The first-order valence-corrected chi connectivity index (χ1v) is 4.93. The largest absolute Gasteiger partial charge is 0.324 e. The van der Waals surface area contributed by atoms with Gasteiger partial charge in [-0.25, -0.2) is 4.39 Å². The second-order valence-electron chi connectivity index (χ2n) is 2.68. The quantitative estimate of drug-likeness (QED) is 0.833. The predicted molar refractivity (Wildman–Crippen MR) is 63.6 cm³/mol. The minimum Gasteiger partial charge on any atom is -0.324 e. The fourth-order valence-electron chi connectivity index (χ4n) is 1.02. The summed E-state index contributed by atoms with van der Waals surface area (Å²) in [7, 11) is 0. The number of rotatable bonds is 2. The Kier molecular flexibility index (Phi) is 5.83. The molecule has 0 amide bonds. The van der Waals surface area contributed by atoms with Gasteiger partial charge in [0.25, 0.3) is 0 Å². The zero-order valence-corrected chi connectivity index (χ0v) is 10.2. The second-order valence-corrected chi connectivity index (χ2v) is 3.93. The van der Waals surface area contributed by atoms with E-state index < -0.39 is 0 Å². The lowest BCUT2D eigenvalue weighted by molar-refractivity contribution is 0.575. The number of benzene rings is 1. The molecule has 2 N–H and O–H groups in total. The highest BCUT2D eigenvalue weighted by atomic mass is 127. The molecule has 1 aromatic rings. The Labute approximate surface area is 97.4 Å². The Morgan fingerprint density at radius 1 is 1.54 bits per heavy atom. The first kappa shape index (κ1) is 13.1. The van der Waals surface area contributed by atoms with Gasteiger partial charge >= 0.3 is 0 Å². The highest BCUT2D eigenvalue weighted by Crippen LogP contribution is 2.19. The molecule has 0 aliphatic carbocycles. The van der Waals surface area contributed by atoms with Crippen LogP contribution in [0.2, 0.25) is 0 Å². The highest BCUT2D eigenvalue weighted by molar-refractivity contribution is 14.1. The number of hydrogen-bond donors (Lipinski definition) is 1. The molecular weight excluding hydrogens is 303 g/mol. The molecular formula is C9H12ClFIN. The van der Waals surface area contributed by atoms with Crippen LogP contribution < -0.4 is 5.73 Å². The van der Waals surface area contributed by atoms with Crippen LogP contribution in [0, 0.1) is 9.39 Å². The lowest BCUT2D eigenvalue weighted by Crippen LogP contribution is -2.10. The standard InChI is InChI=1S/C9H11FIN.ClH/c1-2-9(12)7-5-6(11)3-4-8(7)10;/h3-5,9H,2,12H2,1H3;1H/t9-;/m1./s1. The Morgan fingerprint density at radius 2 is 2.15 bits per heavy atom. The molecule has 1 atom stereocenters. The van der Waals surface area contributed by atoms with E-state index in [1.165, 1.54) is 6.07 Å². The average molecular weight is 316 g/mol. The lowest BCUT2D eigenvalue weighted by atomic mass is 10.1. The molecule has 1 nitrogen and oxygen atoms in total. The van der Waals surface area contributed by atoms with Gasteiger partial charge in [0.1, 0.15) is 5.82 Å². The van der Waals surface area contributed by atoms with Crippen molar-refractivity contribution in [3.05, 3.63) is 33.1 Å². The lowest BCUT2D eigenvalue weighted by Gasteiger charge is -2.10. The van der Waals surface area contributed by atoms with E-state index in [9.17, 15) is 4.39 Å². The maximum Gasteiger partial charge on any atom is 0.128 e. The fourth-order valence-corrected chi connectivity index (χ4v) is 1.53. The van der Waals surface area contributed by atoms with E-state index >= 15 is 0 Å². The van der Waals surface area contributed by atoms with E-state index in [-0.39, 0.29) is 24.3 Å². The van der Waals surface area contributed by atoms with E-state index in [1.54, 1.807) is 12.1 Å². The summed E-state index contributed by atoms with van der Waals surface area (Å²) in [5.41, 5.74) is 6.34. The van der Waals surface area contributed by atoms with Crippen LogP contribution in [0.3, 0.4) is 0 Å². The monoisotopic (exact) mass is 315 g/mol. The molecule has 0 saturated heterocycles. The summed E-state index contributed by atoms with van der Waals surface area (Å²) in [5, 5.41) is 0. The van der Waals surface area contributed by atoms with E-state index in [0.717, 1.165) is 9.99 Å². The summed E-state index contributed by atoms with van der Waals surface area (Å²) in [6, 6.07) is 4.82. The molecule has 1 aromatic carbocycles. The van der Waals surface area contributed by atoms with Gasteiger partial charge in [-0.15, -0.1) is 12.4 Å². The van der Waals surface area contributed by atoms with Crippen molar-refractivity contribution in [2.75, 3.05) is 0 Å². The van der Waals surface area contributed by atoms with Crippen LogP contribution >= 0.6 is 35.0 Å². The van der Waals surface area contributed by atoms with Gasteiger partial charge in [0.15, 0.2) is 0 Å². The van der Waals surface area contributed by atoms with E-state index in [2.05, 4.69) is 22.6 Å². The van der Waals surface area contributed by atoms with Crippen molar-refractivity contribution in [3.63, 3.8) is 0 Å². The molecule has 0 saturated carbocycles. The van der Waals surface area contributed by atoms with Gasteiger partial charge in [-0.3, -0.25) is 0 Å². The zero-order chi connectivity index (χ0) is 9.14. The fraction of sp³-hybridized carbons (Fsp3) is 0.333. The van der Waals surface area contributed by atoms with Gasteiger partial charge in [0.2, 0.25) is 0 Å². The molecule has 0 aliphatic heterocycles. The Hall–Kier alpha value is 0.130. The van der Waals surface area contributed by atoms with Crippen molar-refractivity contribution in [2.45, 2.75) is 19.4 Å². The summed E-state index contributed by atoms with van der Waals surface area (Å²) in [5.74, 6) is -0.204. The first-order chi connectivity index (χ1) is 5.65. The SMILES string of the molecule is CC[C@@H](N)c1cc(I)ccc1F.Cl. The van der Waals surface area contributed by atoms with Crippen LogP contribution in [0.25, 0.3) is 0 Å². The normalized spacial score (nSPS) is 12.0. The summed E-state index contributed by atoms with van der Waals surface area (Å²) in [6.45, 7) is 1.95. The average Bonchev–Trinajstić information content (AvgIpc) is 2.08. The third-order valence-corrected chi connectivity index (χ3v) is 2.47. The third kappa shape index (κ3) is 3.40. The van der Waals surface area contributed by atoms with Gasteiger partial charge in [-0.2, -0.15) is 0 Å². The first-order valence-electron chi connectivity index (χ1n) is 3.85. The predicted octanol–water partition coefficient (Wildman–Crippen LogP) is 3.26. The summed E-state index contributed by atoms with van der Waals surface area (Å²) >= 11 is 2.15. The molecule has 0 fully saturated rings. The van der Waals surface area contributed by atoms with Gasteiger partial charge in [-0.05, 0) is 47.2 Å². The van der Waals surface area contributed by atoms with Gasteiger partial charge < -0.3 is 5.73 Å². The van der Waals surface area contributed by atoms with Crippen LogP contribution in [0.5, 0.6) is 0 Å². The van der Waals surface area contributed by atoms with E-state index in [1.807, 2.05) is 6.92 Å². The number of hydrogen-bond acceptors (Lipinski definition) is 1. The van der Waals surface area contributed by atoms with E-state index in [0.29, 0.717) is 5.56 Å². The zero-order valence-electron chi connectivity index (χ0n) is 7.26. The van der Waals surface area contributed by atoms with Gasteiger partial charge in [-0.1, -0.05) is 6.92 Å². The number of nitrogens with two attached hydrogens (primary N) is 1. The van der Waals surface area contributed by atoms with Gasteiger partial charge in [0, 0.05) is 15.2 Å². The Bertz CT molecular complexity index is 280. The van der Waals surface area contributed by atoms with Gasteiger partial charge in [0.05, 0.1) is 0 Å². The molecule has 0 unspecified atom stereocenters. The van der Waals surface area contributed by atoms with Crippen molar-refractivity contribution < 1.29 is 4.39 Å². The van der Waals surface area contributed by atoms with Crippen molar-refractivity contribution in [1.29, 1.82) is 0 Å². The van der Waals surface area contributed by atoms with Crippen LogP contribution in [-0.2, 0) is 0 Å². The molecule has 0 aliphatic rings. The topological polar surface area (TPSA) is 26.0 Å². The minimum absolute atomic E-state index is 0. The molecule has 13 heavy (non-hydrogen) atoms. The second kappa shape index (κ2) is 5.78. The molecule has 0 radical (unpaired) electrons. The van der Waals surface area contributed by atoms with Crippen molar-refractivity contribution in [3.8, 4) is 0 Å². The smallest absolute Gasteiger partial charge is 0.128 e. The Balaban J connectivity index is 0.00000144. The molecule has 1 rings (SSSR count). The highest BCUT2D eigenvalue weighted by Gasteiger charge is 2.08. The molecule has 0 aromatic heterocycles. The van der Waals surface area contributed by atoms with Crippen LogP contribution in [0.15, 0.2) is 18.2 Å². The molecule has 74 valence electrons. The summed E-state index contributed by atoms with van der Waals surface area (Å²) in [6.07, 6.45) is 0.761. The van der Waals surface area contributed by atoms with Crippen molar-refractivity contribution >= 4 is 35.0 Å². The number of halogens is 3. The van der Waals surface area contributed by atoms with Crippen LogP contribution in [-0.4, -0.2) is 0 Å². The molecule has 0 spiro atoms. The molecule has 0 heterocycles. The third-order valence-electron chi connectivity index (χ3n) is 1.80. The maximum absolute atomic E-state index is 13.1. The van der Waals surface area contributed by atoms with Crippen LogP contribution in [0.1, 0.15) is 24.9 Å². The van der Waals surface area contributed by atoms with Crippen LogP contribution in [0.4, 0.5) is 4.39 Å². The molecule has 0 bridgehead atoms. The van der Waals surface area contributed by atoms with Crippen molar-refractivity contribution in [1.82, 2.24) is 0 Å². The summed E-state index contributed by atoms with van der Waals surface area (Å²) < 4.78 is 14.1.